The molecule has 0 aromatic rings. The van der Waals surface area contributed by atoms with Crippen LogP contribution in [0.1, 0.15) is 26.7 Å². The summed E-state index contributed by atoms with van der Waals surface area (Å²) in [5, 5.41) is 11.9. The summed E-state index contributed by atoms with van der Waals surface area (Å²) >= 11 is 0. The van der Waals surface area contributed by atoms with Crippen LogP contribution in [-0.4, -0.2) is 54.9 Å². The minimum atomic E-state index is -1.04. The van der Waals surface area contributed by atoms with E-state index >= 15 is 0 Å². The third-order valence-electron chi connectivity index (χ3n) is 3.44. The van der Waals surface area contributed by atoms with Gasteiger partial charge < -0.3 is 20.1 Å². The van der Waals surface area contributed by atoms with Crippen LogP contribution in [0.5, 0.6) is 0 Å². The van der Waals surface area contributed by atoms with E-state index in [-0.39, 0.29) is 19.2 Å². The third kappa shape index (κ3) is 3.13. The van der Waals surface area contributed by atoms with Crippen LogP contribution in [-0.2, 0) is 9.53 Å². The Morgan fingerprint density at radius 1 is 1.56 bits per heavy atom. The number of nitrogens with one attached hydrogen (secondary N) is 1. The van der Waals surface area contributed by atoms with Crippen molar-refractivity contribution in [2.45, 2.75) is 32.7 Å². The summed E-state index contributed by atoms with van der Waals surface area (Å²) in [6.45, 7) is 4.69. The number of hydrogen-bond acceptors (Lipinski definition) is 3. The molecule has 0 saturated carbocycles. The number of carbonyl (C=O) groups excluding carboxylic acids is 1. The molecule has 1 saturated heterocycles. The quantitative estimate of drug-likeness (QED) is 0.768. The van der Waals surface area contributed by atoms with E-state index in [2.05, 4.69) is 12.2 Å². The number of nitrogens with zero attached hydrogens (tertiary/aromatic N) is 1. The average Bonchev–Trinajstić information content (AvgIpc) is 2.69. The number of amides is 2. The molecule has 1 aliphatic rings. The molecule has 6 nitrogen and oxygen atoms in total. The average molecular weight is 258 g/mol. The first-order chi connectivity index (χ1) is 8.41. The maximum absolute atomic E-state index is 11.9. The first-order valence-corrected chi connectivity index (χ1v) is 6.24. The molecule has 0 radical (unpaired) electrons. The van der Waals surface area contributed by atoms with Crippen LogP contribution >= 0.6 is 0 Å². The molecule has 6 heteroatoms. The minimum absolute atomic E-state index is 0.131. The van der Waals surface area contributed by atoms with Crippen molar-refractivity contribution in [2.75, 3.05) is 26.8 Å². The summed E-state index contributed by atoms with van der Waals surface area (Å²) in [5.74, 6) is -0.943. The number of urea groups is 1. The van der Waals surface area contributed by atoms with E-state index in [0.29, 0.717) is 6.54 Å². The minimum Gasteiger partial charge on any atom is -0.481 e. The van der Waals surface area contributed by atoms with Crippen molar-refractivity contribution in [1.29, 1.82) is 0 Å². The molecule has 1 heterocycles. The first-order valence-electron chi connectivity index (χ1n) is 6.24. The predicted octanol–water partition coefficient (Wildman–Crippen LogP) is 0.918. The van der Waals surface area contributed by atoms with Gasteiger partial charge in [0, 0.05) is 13.6 Å². The van der Waals surface area contributed by atoms with E-state index in [1.54, 1.807) is 18.9 Å². The van der Waals surface area contributed by atoms with Gasteiger partial charge in [0.1, 0.15) is 5.41 Å². The molecule has 2 atom stereocenters. The van der Waals surface area contributed by atoms with Crippen LogP contribution in [0.2, 0.25) is 0 Å². The van der Waals surface area contributed by atoms with Crippen molar-refractivity contribution in [3.8, 4) is 0 Å². The van der Waals surface area contributed by atoms with Gasteiger partial charge in [-0.1, -0.05) is 13.3 Å². The molecule has 104 valence electrons. The van der Waals surface area contributed by atoms with Gasteiger partial charge in [0.05, 0.1) is 19.3 Å². The highest BCUT2D eigenvalue weighted by molar-refractivity contribution is 5.79. The van der Waals surface area contributed by atoms with Gasteiger partial charge in [0.15, 0.2) is 0 Å². The monoisotopic (exact) mass is 258 g/mol. The molecule has 0 bridgehead atoms. The lowest BCUT2D eigenvalue weighted by Crippen LogP contribution is -2.52. The van der Waals surface area contributed by atoms with Gasteiger partial charge in [-0.25, -0.2) is 4.79 Å². The normalized spacial score (nSPS) is 26.9. The number of hydrogen-bond donors (Lipinski definition) is 2. The largest absolute Gasteiger partial charge is 0.481 e. The molecular formula is C12H22N2O4. The second kappa shape index (κ2) is 6.04. The Bertz CT molecular complexity index is 321. The van der Waals surface area contributed by atoms with Crippen molar-refractivity contribution in [3.05, 3.63) is 0 Å². The summed E-state index contributed by atoms with van der Waals surface area (Å²) in [5.41, 5.74) is -1.04. The van der Waals surface area contributed by atoms with Gasteiger partial charge in [-0.05, 0) is 13.3 Å². The second-order valence-electron chi connectivity index (χ2n) is 5.01. The molecule has 1 aliphatic heterocycles. The zero-order valence-electron chi connectivity index (χ0n) is 11.2. The molecule has 2 unspecified atom stereocenters. The van der Waals surface area contributed by atoms with Crippen LogP contribution in [0.4, 0.5) is 4.79 Å². The van der Waals surface area contributed by atoms with Crippen LogP contribution in [0.3, 0.4) is 0 Å². The Balaban J connectivity index is 2.56. The Kier molecular flexibility index (Phi) is 4.95. The van der Waals surface area contributed by atoms with Crippen molar-refractivity contribution < 1.29 is 19.4 Å². The van der Waals surface area contributed by atoms with E-state index in [9.17, 15) is 14.7 Å². The Morgan fingerprint density at radius 3 is 2.78 bits per heavy atom. The number of carboxylic acids is 1. The van der Waals surface area contributed by atoms with Crippen LogP contribution in [0.15, 0.2) is 0 Å². The molecule has 18 heavy (non-hydrogen) atoms. The Labute approximate surface area is 107 Å². The molecule has 0 aromatic carbocycles. The number of carbonyl (C=O) groups is 2. The topological polar surface area (TPSA) is 78.9 Å². The number of unbranched alkanes of at least 4 members (excludes halogenated alkanes) is 1. The highest BCUT2D eigenvalue weighted by Gasteiger charge is 2.47. The smallest absolute Gasteiger partial charge is 0.317 e. The highest BCUT2D eigenvalue weighted by Crippen LogP contribution is 2.28. The lowest BCUT2D eigenvalue weighted by Gasteiger charge is -2.27. The van der Waals surface area contributed by atoms with Crippen molar-refractivity contribution in [2.24, 2.45) is 5.41 Å². The van der Waals surface area contributed by atoms with Gasteiger partial charge in [-0.3, -0.25) is 4.79 Å². The number of carboxylic acid groups (broad SMARTS) is 1. The van der Waals surface area contributed by atoms with Crippen LogP contribution in [0, 0.1) is 5.41 Å². The van der Waals surface area contributed by atoms with Gasteiger partial charge in [0.2, 0.25) is 0 Å². The molecule has 1 rings (SSSR count). The molecule has 2 N–H and O–H groups in total. The second-order valence-corrected chi connectivity index (χ2v) is 5.01. The first kappa shape index (κ1) is 14.8. The maximum Gasteiger partial charge on any atom is 0.317 e. The third-order valence-corrected chi connectivity index (χ3v) is 3.44. The van der Waals surface area contributed by atoms with E-state index in [4.69, 9.17) is 4.74 Å². The summed E-state index contributed by atoms with van der Waals surface area (Å²) in [7, 11) is 1.71. The van der Waals surface area contributed by atoms with E-state index in [1.165, 1.54) is 0 Å². The summed E-state index contributed by atoms with van der Waals surface area (Å²) < 4.78 is 5.18. The fourth-order valence-corrected chi connectivity index (χ4v) is 1.84. The molecule has 0 aromatic heterocycles. The lowest BCUT2D eigenvalue weighted by molar-refractivity contribution is -0.148. The summed E-state index contributed by atoms with van der Waals surface area (Å²) in [6.07, 6.45) is 1.94. The van der Waals surface area contributed by atoms with Gasteiger partial charge in [0.25, 0.3) is 0 Å². The van der Waals surface area contributed by atoms with Crippen molar-refractivity contribution in [3.63, 3.8) is 0 Å². The maximum atomic E-state index is 11.9. The Hall–Kier alpha value is -1.30. The Morgan fingerprint density at radius 2 is 2.22 bits per heavy atom. The van der Waals surface area contributed by atoms with E-state index < -0.39 is 17.4 Å². The zero-order chi connectivity index (χ0) is 13.8. The molecular weight excluding hydrogens is 236 g/mol. The van der Waals surface area contributed by atoms with Crippen molar-refractivity contribution in [1.82, 2.24) is 10.2 Å². The fourth-order valence-electron chi connectivity index (χ4n) is 1.84. The van der Waals surface area contributed by atoms with Crippen molar-refractivity contribution >= 4 is 12.0 Å². The molecule has 2 amide bonds. The molecule has 1 fully saturated rings. The lowest BCUT2D eigenvalue weighted by atomic mass is 9.85. The predicted molar refractivity (Wildman–Crippen MR) is 66.4 cm³/mol. The van der Waals surface area contributed by atoms with Gasteiger partial charge in [-0.15, -0.1) is 0 Å². The molecule has 0 aliphatic carbocycles. The number of rotatable bonds is 5. The molecule has 0 spiro atoms. The summed E-state index contributed by atoms with van der Waals surface area (Å²) in [6, 6.07) is -0.724. The van der Waals surface area contributed by atoms with E-state index in [1.807, 2.05) is 0 Å². The van der Waals surface area contributed by atoms with Crippen LogP contribution < -0.4 is 5.32 Å². The van der Waals surface area contributed by atoms with Crippen LogP contribution in [0.25, 0.3) is 0 Å². The SMILES string of the molecule is CCCCN(C)C(=O)NC1COCC1(C)C(=O)O. The van der Waals surface area contributed by atoms with Gasteiger partial charge in [-0.2, -0.15) is 0 Å². The number of ether oxygens (including phenoxy) is 1. The van der Waals surface area contributed by atoms with Gasteiger partial charge >= 0.3 is 12.0 Å². The zero-order valence-corrected chi connectivity index (χ0v) is 11.2. The summed E-state index contributed by atoms with van der Waals surface area (Å²) in [4.78, 5) is 24.7. The van der Waals surface area contributed by atoms with E-state index in [0.717, 1.165) is 12.8 Å². The standard InChI is InChI=1S/C12H22N2O4/c1-4-5-6-14(3)11(17)13-9-7-18-8-12(9,2)10(15)16/h9H,4-8H2,1-3H3,(H,13,17)(H,15,16). The number of aliphatic carboxylic acids is 1. The fraction of sp³-hybridized carbons (Fsp3) is 0.833. The highest BCUT2D eigenvalue weighted by atomic mass is 16.5.